The summed E-state index contributed by atoms with van der Waals surface area (Å²) in [5.74, 6) is 0.973. The molecule has 2 aromatic rings. The Kier molecular flexibility index (Phi) is 4.31. The van der Waals surface area contributed by atoms with Gasteiger partial charge in [0.15, 0.2) is 10.8 Å². The van der Waals surface area contributed by atoms with Crippen LogP contribution in [0, 0.1) is 0 Å². The van der Waals surface area contributed by atoms with E-state index < -0.39 is 0 Å². The third kappa shape index (κ3) is 2.94. The highest BCUT2D eigenvalue weighted by atomic mass is 35.5. The summed E-state index contributed by atoms with van der Waals surface area (Å²) in [4.78, 5) is 3.98. The van der Waals surface area contributed by atoms with Crippen LogP contribution < -0.4 is 0 Å². The van der Waals surface area contributed by atoms with Gasteiger partial charge in [0.1, 0.15) is 5.82 Å². The van der Waals surface area contributed by atoms with Gasteiger partial charge in [0.25, 0.3) is 0 Å². The standard InChI is InChI=1S/C12H17ClN4/c1-2-3-4-5-6-7-10-15-16-12-11(13)14-8-9-17(10)12/h8-9H,2-7H2,1H3. The van der Waals surface area contributed by atoms with Crippen LogP contribution in [0.5, 0.6) is 0 Å². The van der Waals surface area contributed by atoms with Crippen molar-refractivity contribution >= 4 is 17.2 Å². The van der Waals surface area contributed by atoms with E-state index in [2.05, 4.69) is 22.1 Å². The summed E-state index contributed by atoms with van der Waals surface area (Å²) in [7, 11) is 0. The van der Waals surface area contributed by atoms with Gasteiger partial charge in [-0.3, -0.25) is 4.40 Å². The molecule has 92 valence electrons. The lowest BCUT2D eigenvalue weighted by atomic mass is 10.1. The minimum absolute atomic E-state index is 0.414. The second kappa shape index (κ2) is 5.96. The summed E-state index contributed by atoms with van der Waals surface area (Å²) in [5, 5.41) is 8.63. The second-order valence-corrected chi connectivity index (χ2v) is 4.55. The van der Waals surface area contributed by atoms with Crippen molar-refractivity contribution in [2.75, 3.05) is 0 Å². The van der Waals surface area contributed by atoms with Gasteiger partial charge in [-0.15, -0.1) is 10.2 Å². The van der Waals surface area contributed by atoms with E-state index in [9.17, 15) is 0 Å². The van der Waals surface area contributed by atoms with Crippen LogP contribution in [-0.4, -0.2) is 19.6 Å². The molecule has 17 heavy (non-hydrogen) atoms. The smallest absolute Gasteiger partial charge is 0.198 e. The number of nitrogens with zero attached hydrogens (tertiary/aromatic N) is 4. The van der Waals surface area contributed by atoms with Crippen molar-refractivity contribution in [1.29, 1.82) is 0 Å². The molecule has 0 saturated heterocycles. The number of aromatic nitrogens is 4. The predicted molar refractivity (Wildman–Crippen MR) is 68.3 cm³/mol. The van der Waals surface area contributed by atoms with E-state index in [0.29, 0.717) is 10.8 Å². The van der Waals surface area contributed by atoms with Crippen molar-refractivity contribution in [1.82, 2.24) is 19.6 Å². The lowest BCUT2D eigenvalue weighted by Crippen LogP contribution is -1.95. The zero-order valence-corrected chi connectivity index (χ0v) is 10.8. The number of halogens is 1. The van der Waals surface area contributed by atoms with Crippen molar-refractivity contribution in [2.45, 2.75) is 45.4 Å². The Morgan fingerprint density at radius 1 is 1.18 bits per heavy atom. The van der Waals surface area contributed by atoms with Crippen LogP contribution in [0.15, 0.2) is 12.4 Å². The first-order valence-corrected chi connectivity index (χ1v) is 6.55. The maximum absolute atomic E-state index is 5.94. The summed E-state index contributed by atoms with van der Waals surface area (Å²) in [6, 6.07) is 0. The van der Waals surface area contributed by atoms with E-state index in [1.54, 1.807) is 6.20 Å². The highest BCUT2D eigenvalue weighted by Crippen LogP contribution is 2.14. The molecule has 2 aromatic heterocycles. The average Bonchev–Trinajstić information content (AvgIpc) is 2.74. The maximum Gasteiger partial charge on any atom is 0.198 e. The molecule has 0 spiro atoms. The van der Waals surface area contributed by atoms with Gasteiger partial charge in [0.2, 0.25) is 0 Å². The molecule has 5 heteroatoms. The zero-order valence-electron chi connectivity index (χ0n) is 10.1. The zero-order chi connectivity index (χ0) is 12.1. The maximum atomic E-state index is 5.94. The Labute approximate surface area is 106 Å². The lowest BCUT2D eigenvalue weighted by Gasteiger charge is -2.00. The average molecular weight is 253 g/mol. The number of hydrogen-bond acceptors (Lipinski definition) is 3. The number of hydrogen-bond donors (Lipinski definition) is 0. The summed E-state index contributed by atoms with van der Waals surface area (Å²) in [6.07, 6.45) is 10.8. The monoisotopic (exact) mass is 252 g/mol. The van der Waals surface area contributed by atoms with Gasteiger partial charge < -0.3 is 0 Å². The van der Waals surface area contributed by atoms with E-state index >= 15 is 0 Å². The molecule has 0 saturated carbocycles. The minimum atomic E-state index is 0.414. The van der Waals surface area contributed by atoms with Crippen molar-refractivity contribution in [3.63, 3.8) is 0 Å². The highest BCUT2D eigenvalue weighted by Gasteiger charge is 2.07. The first kappa shape index (κ1) is 12.3. The van der Waals surface area contributed by atoms with Crippen LogP contribution in [0.2, 0.25) is 5.15 Å². The fraction of sp³-hybridized carbons (Fsp3) is 0.583. The molecular formula is C12H17ClN4. The normalized spacial score (nSPS) is 11.2. The molecule has 0 aliphatic rings. The molecule has 2 heterocycles. The highest BCUT2D eigenvalue weighted by molar-refractivity contribution is 6.32. The van der Waals surface area contributed by atoms with Gasteiger partial charge in [-0.2, -0.15) is 0 Å². The van der Waals surface area contributed by atoms with Gasteiger partial charge in [-0.1, -0.05) is 44.2 Å². The molecule has 0 fully saturated rings. The molecule has 0 bridgehead atoms. The number of unbranched alkanes of at least 4 members (excludes halogenated alkanes) is 4. The molecule has 0 aliphatic heterocycles. The quantitative estimate of drug-likeness (QED) is 0.741. The summed E-state index contributed by atoms with van der Waals surface area (Å²) >= 11 is 5.94. The Morgan fingerprint density at radius 3 is 2.82 bits per heavy atom. The molecule has 2 rings (SSSR count). The van der Waals surface area contributed by atoms with Crippen LogP contribution >= 0.6 is 11.6 Å². The summed E-state index contributed by atoms with van der Waals surface area (Å²) in [5.41, 5.74) is 0.651. The van der Waals surface area contributed by atoms with Gasteiger partial charge in [-0.25, -0.2) is 4.98 Å². The Bertz CT molecular complexity index is 480. The van der Waals surface area contributed by atoms with E-state index in [0.717, 1.165) is 18.7 Å². The molecule has 0 atom stereocenters. The van der Waals surface area contributed by atoms with Gasteiger partial charge >= 0.3 is 0 Å². The van der Waals surface area contributed by atoms with Crippen molar-refractivity contribution in [2.24, 2.45) is 0 Å². The van der Waals surface area contributed by atoms with Gasteiger partial charge in [0, 0.05) is 18.8 Å². The first-order chi connectivity index (χ1) is 8.33. The van der Waals surface area contributed by atoms with E-state index in [1.165, 1.54) is 25.7 Å². The fourth-order valence-electron chi connectivity index (χ4n) is 1.90. The van der Waals surface area contributed by atoms with Crippen LogP contribution in [-0.2, 0) is 6.42 Å². The Hall–Kier alpha value is -1.16. The number of rotatable bonds is 6. The second-order valence-electron chi connectivity index (χ2n) is 4.19. The summed E-state index contributed by atoms with van der Waals surface area (Å²) in [6.45, 7) is 2.22. The molecule has 0 aromatic carbocycles. The van der Waals surface area contributed by atoms with Crippen LogP contribution in [0.1, 0.15) is 44.9 Å². The molecular weight excluding hydrogens is 236 g/mol. The Balaban J connectivity index is 1.97. The minimum Gasteiger partial charge on any atom is -0.282 e. The SMILES string of the molecule is CCCCCCCc1nnc2c(Cl)nccn12. The van der Waals surface area contributed by atoms with Crippen molar-refractivity contribution < 1.29 is 0 Å². The van der Waals surface area contributed by atoms with E-state index in [-0.39, 0.29) is 0 Å². The van der Waals surface area contributed by atoms with Crippen molar-refractivity contribution in [3.05, 3.63) is 23.4 Å². The predicted octanol–water partition coefficient (Wildman–Crippen LogP) is 3.29. The van der Waals surface area contributed by atoms with E-state index in [1.807, 2.05) is 10.6 Å². The fourth-order valence-corrected chi connectivity index (χ4v) is 2.09. The third-order valence-electron chi connectivity index (χ3n) is 2.86. The van der Waals surface area contributed by atoms with Gasteiger partial charge in [-0.05, 0) is 6.42 Å². The molecule has 0 N–H and O–H groups in total. The number of fused-ring (bicyclic) bond motifs is 1. The van der Waals surface area contributed by atoms with Crippen molar-refractivity contribution in [3.8, 4) is 0 Å². The van der Waals surface area contributed by atoms with Crippen LogP contribution in [0.25, 0.3) is 5.65 Å². The molecule has 0 unspecified atom stereocenters. The van der Waals surface area contributed by atoms with E-state index in [4.69, 9.17) is 11.6 Å². The lowest BCUT2D eigenvalue weighted by molar-refractivity contribution is 0.620. The largest absolute Gasteiger partial charge is 0.282 e. The summed E-state index contributed by atoms with van der Waals surface area (Å²) < 4.78 is 1.93. The van der Waals surface area contributed by atoms with Crippen LogP contribution in [0.4, 0.5) is 0 Å². The molecule has 0 radical (unpaired) electrons. The molecule has 0 aliphatic carbocycles. The first-order valence-electron chi connectivity index (χ1n) is 6.17. The third-order valence-corrected chi connectivity index (χ3v) is 3.13. The topological polar surface area (TPSA) is 43.1 Å². The van der Waals surface area contributed by atoms with Gasteiger partial charge in [0.05, 0.1) is 0 Å². The van der Waals surface area contributed by atoms with Crippen LogP contribution in [0.3, 0.4) is 0 Å². The Morgan fingerprint density at radius 2 is 2.00 bits per heavy atom. The molecule has 0 amide bonds. The molecule has 4 nitrogen and oxygen atoms in total. The number of aryl methyl sites for hydroxylation is 1.